The van der Waals surface area contributed by atoms with Gasteiger partial charge in [-0.15, -0.1) is 0 Å². The van der Waals surface area contributed by atoms with Crippen molar-refractivity contribution in [1.82, 2.24) is 10.3 Å². The van der Waals surface area contributed by atoms with E-state index in [1.165, 1.54) is 33.3 Å². The molecule has 1 unspecified atom stereocenters. The molecule has 112 valence electrons. The molecule has 1 aliphatic rings. The predicted octanol–water partition coefficient (Wildman–Crippen LogP) is 3.72. The maximum Gasteiger partial charge on any atom is 0.119 e. The Labute approximate surface area is 130 Å². The Balaban J connectivity index is 1.86. The number of H-pyrrole nitrogens is 1. The number of aryl methyl sites for hydroxylation is 1. The van der Waals surface area contributed by atoms with Gasteiger partial charge < -0.3 is 15.0 Å². The molecule has 2 heterocycles. The van der Waals surface area contributed by atoms with Crippen LogP contribution in [0.2, 0.25) is 0 Å². The van der Waals surface area contributed by atoms with Gasteiger partial charge in [0.15, 0.2) is 0 Å². The summed E-state index contributed by atoms with van der Waals surface area (Å²) in [5.41, 5.74) is 6.52. The average molecular weight is 292 g/mol. The Bertz CT molecular complexity index is 835. The first-order valence-corrected chi connectivity index (χ1v) is 7.74. The molecule has 22 heavy (non-hydrogen) atoms. The Kier molecular flexibility index (Phi) is 3.16. The molecule has 3 aromatic rings. The zero-order chi connectivity index (χ0) is 15.1. The van der Waals surface area contributed by atoms with E-state index in [1.54, 1.807) is 7.11 Å². The Hall–Kier alpha value is -2.26. The van der Waals surface area contributed by atoms with Crippen molar-refractivity contribution < 1.29 is 4.74 Å². The van der Waals surface area contributed by atoms with E-state index in [0.29, 0.717) is 0 Å². The fourth-order valence-electron chi connectivity index (χ4n) is 3.45. The molecule has 1 aromatic heterocycles. The lowest BCUT2D eigenvalue weighted by Crippen LogP contribution is -2.30. The van der Waals surface area contributed by atoms with Gasteiger partial charge in [0.1, 0.15) is 5.75 Å². The topological polar surface area (TPSA) is 37.0 Å². The molecule has 3 nitrogen and oxygen atoms in total. The minimum Gasteiger partial charge on any atom is -0.497 e. The molecule has 0 saturated heterocycles. The van der Waals surface area contributed by atoms with Gasteiger partial charge in [0, 0.05) is 23.1 Å². The Morgan fingerprint density at radius 3 is 2.91 bits per heavy atom. The quantitative estimate of drug-likeness (QED) is 0.755. The van der Waals surface area contributed by atoms with Crippen molar-refractivity contribution in [3.63, 3.8) is 0 Å². The minimum absolute atomic E-state index is 0.201. The first-order valence-electron chi connectivity index (χ1n) is 7.74. The van der Waals surface area contributed by atoms with Crippen molar-refractivity contribution >= 4 is 10.9 Å². The Morgan fingerprint density at radius 2 is 2.05 bits per heavy atom. The fourth-order valence-corrected chi connectivity index (χ4v) is 3.45. The minimum atomic E-state index is 0.201. The van der Waals surface area contributed by atoms with Crippen LogP contribution < -0.4 is 10.1 Å². The fraction of sp³-hybridized carbons (Fsp3) is 0.263. The van der Waals surface area contributed by atoms with Gasteiger partial charge in [0.2, 0.25) is 0 Å². The molecule has 0 bridgehead atoms. The molecule has 0 fully saturated rings. The molecule has 0 amide bonds. The lowest BCUT2D eigenvalue weighted by molar-refractivity contribution is 0.413. The highest BCUT2D eigenvalue weighted by Gasteiger charge is 2.25. The summed E-state index contributed by atoms with van der Waals surface area (Å²) in [6, 6.07) is 15.2. The van der Waals surface area contributed by atoms with Crippen LogP contribution in [-0.4, -0.2) is 18.6 Å². The third-order valence-corrected chi connectivity index (χ3v) is 4.53. The van der Waals surface area contributed by atoms with Crippen molar-refractivity contribution in [2.75, 3.05) is 13.7 Å². The molecule has 3 heteroatoms. The first kappa shape index (κ1) is 13.4. The summed E-state index contributed by atoms with van der Waals surface area (Å²) in [7, 11) is 1.71. The molecular formula is C19H20N2O. The van der Waals surface area contributed by atoms with Crippen molar-refractivity contribution in [3.05, 3.63) is 64.8 Å². The van der Waals surface area contributed by atoms with Gasteiger partial charge in [-0.3, -0.25) is 0 Å². The third-order valence-electron chi connectivity index (χ3n) is 4.53. The highest BCUT2D eigenvalue weighted by molar-refractivity contribution is 5.86. The highest BCUT2D eigenvalue weighted by Crippen LogP contribution is 2.34. The van der Waals surface area contributed by atoms with E-state index in [4.69, 9.17) is 4.74 Å². The molecule has 1 atom stereocenters. The van der Waals surface area contributed by atoms with Gasteiger partial charge in [0.25, 0.3) is 0 Å². The molecule has 0 radical (unpaired) electrons. The first-order chi connectivity index (χ1) is 10.8. The van der Waals surface area contributed by atoms with E-state index in [1.807, 2.05) is 6.07 Å². The number of benzene rings is 2. The van der Waals surface area contributed by atoms with Crippen LogP contribution in [-0.2, 0) is 6.42 Å². The summed E-state index contributed by atoms with van der Waals surface area (Å²) in [5.74, 6) is 0.901. The lowest BCUT2D eigenvalue weighted by atomic mass is 9.94. The maximum atomic E-state index is 5.37. The molecule has 0 saturated carbocycles. The lowest BCUT2D eigenvalue weighted by Gasteiger charge is -2.25. The van der Waals surface area contributed by atoms with Gasteiger partial charge in [0.05, 0.1) is 13.2 Å². The highest BCUT2D eigenvalue weighted by atomic mass is 16.5. The molecule has 2 aromatic carbocycles. The standard InChI is InChI=1S/C19H20N2O/c1-12-6-7-17-16(10-12)15-8-9-20-18(19(15)21-17)13-4-3-5-14(11-13)22-2/h3-7,10-11,18,20-21H,8-9H2,1-2H3. The van der Waals surface area contributed by atoms with Gasteiger partial charge in [-0.2, -0.15) is 0 Å². The van der Waals surface area contributed by atoms with Gasteiger partial charge in [-0.25, -0.2) is 0 Å². The number of hydrogen-bond acceptors (Lipinski definition) is 2. The smallest absolute Gasteiger partial charge is 0.119 e. The van der Waals surface area contributed by atoms with Crippen molar-refractivity contribution in [1.29, 1.82) is 0 Å². The number of fused-ring (bicyclic) bond motifs is 3. The largest absolute Gasteiger partial charge is 0.497 e. The summed E-state index contributed by atoms with van der Waals surface area (Å²) >= 11 is 0. The second-order valence-electron chi connectivity index (χ2n) is 5.98. The second kappa shape index (κ2) is 5.18. The van der Waals surface area contributed by atoms with E-state index >= 15 is 0 Å². The van der Waals surface area contributed by atoms with E-state index in [2.05, 4.69) is 53.6 Å². The van der Waals surface area contributed by atoms with Crippen LogP contribution in [0.1, 0.15) is 28.4 Å². The van der Waals surface area contributed by atoms with Gasteiger partial charge >= 0.3 is 0 Å². The van der Waals surface area contributed by atoms with Gasteiger partial charge in [-0.05, 0) is 48.7 Å². The van der Waals surface area contributed by atoms with Crippen LogP contribution in [0.25, 0.3) is 10.9 Å². The summed E-state index contributed by atoms with van der Waals surface area (Å²) < 4.78 is 5.37. The summed E-state index contributed by atoms with van der Waals surface area (Å²) in [4.78, 5) is 3.63. The number of hydrogen-bond donors (Lipinski definition) is 2. The molecule has 1 aliphatic heterocycles. The number of aromatic nitrogens is 1. The monoisotopic (exact) mass is 292 g/mol. The maximum absolute atomic E-state index is 5.37. The number of ether oxygens (including phenoxy) is 1. The normalized spacial score (nSPS) is 17.5. The van der Waals surface area contributed by atoms with Crippen molar-refractivity contribution in [2.45, 2.75) is 19.4 Å². The number of rotatable bonds is 2. The average Bonchev–Trinajstić information content (AvgIpc) is 2.93. The molecular weight excluding hydrogens is 272 g/mol. The SMILES string of the molecule is COc1cccc(C2NCCc3c2[nH]c2ccc(C)cc32)c1. The molecule has 4 rings (SSSR count). The van der Waals surface area contributed by atoms with Crippen LogP contribution in [0.5, 0.6) is 5.75 Å². The number of aromatic amines is 1. The van der Waals surface area contributed by atoms with Crippen molar-refractivity contribution in [3.8, 4) is 5.75 Å². The van der Waals surface area contributed by atoms with Crippen molar-refractivity contribution in [2.24, 2.45) is 0 Å². The van der Waals surface area contributed by atoms with E-state index in [0.717, 1.165) is 18.7 Å². The molecule has 2 N–H and O–H groups in total. The van der Waals surface area contributed by atoms with E-state index < -0.39 is 0 Å². The second-order valence-corrected chi connectivity index (χ2v) is 5.98. The summed E-state index contributed by atoms with van der Waals surface area (Å²) in [6.07, 6.45) is 1.07. The molecule has 0 spiro atoms. The van der Waals surface area contributed by atoms with Crippen LogP contribution >= 0.6 is 0 Å². The van der Waals surface area contributed by atoms with Gasteiger partial charge in [-0.1, -0.05) is 23.8 Å². The predicted molar refractivity (Wildman–Crippen MR) is 89.6 cm³/mol. The Morgan fingerprint density at radius 1 is 1.14 bits per heavy atom. The number of nitrogens with one attached hydrogen (secondary N) is 2. The zero-order valence-corrected chi connectivity index (χ0v) is 12.9. The van der Waals surface area contributed by atoms with E-state index in [-0.39, 0.29) is 6.04 Å². The third kappa shape index (κ3) is 2.09. The van der Waals surface area contributed by atoms with E-state index in [9.17, 15) is 0 Å². The summed E-state index contributed by atoms with van der Waals surface area (Å²) in [6.45, 7) is 3.15. The molecule has 0 aliphatic carbocycles. The van der Waals surface area contributed by atoms with Crippen LogP contribution in [0, 0.1) is 6.92 Å². The number of methoxy groups -OCH3 is 1. The van der Waals surface area contributed by atoms with Crippen LogP contribution in [0.3, 0.4) is 0 Å². The van der Waals surface area contributed by atoms with Crippen LogP contribution in [0.15, 0.2) is 42.5 Å². The van der Waals surface area contributed by atoms with Crippen LogP contribution in [0.4, 0.5) is 0 Å². The summed E-state index contributed by atoms with van der Waals surface area (Å²) in [5, 5.41) is 5.00. The zero-order valence-electron chi connectivity index (χ0n) is 12.9.